The fraction of sp³-hybridized carbons (Fsp3) is 0.600. The van der Waals surface area contributed by atoms with E-state index >= 15 is 0 Å². The predicted octanol–water partition coefficient (Wildman–Crippen LogP) is 2.84. The van der Waals surface area contributed by atoms with Crippen molar-refractivity contribution in [2.75, 3.05) is 41.0 Å². The molecule has 1 aromatic rings. The van der Waals surface area contributed by atoms with Crippen LogP contribution in [0.5, 0.6) is 17.2 Å². The summed E-state index contributed by atoms with van der Waals surface area (Å²) in [7, 11) is 4.55. The number of unbranched alkanes of at least 4 members (excludes halogenated alkanes) is 1. The summed E-state index contributed by atoms with van der Waals surface area (Å²) in [6.45, 7) is 3.58. The molecule has 1 heterocycles. The first-order valence-electron chi connectivity index (χ1n) is 9.56. The van der Waals surface area contributed by atoms with Gasteiger partial charge in [0, 0.05) is 24.7 Å². The van der Waals surface area contributed by atoms with Gasteiger partial charge in [0.05, 0.1) is 27.9 Å². The van der Waals surface area contributed by atoms with Gasteiger partial charge in [0.15, 0.2) is 11.5 Å². The molecule has 1 aliphatic rings. The second kappa shape index (κ2) is 10.6. The molecule has 0 spiro atoms. The molecule has 1 fully saturated rings. The Morgan fingerprint density at radius 1 is 1.07 bits per heavy atom. The lowest BCUT2D eigenvalue weighted by atomic mass is 10.0. The van der Waals surface area contributed by atoms with Gasteiger partial charge in [-0.25, -0.2) is 4.79 Å². The number of piperidine rings is 1. The van der Waals surface area contributed by atoms with Crippen molar-refractivity contribution in [3.63, 3.8) is 0 Å². The molecule has 0 bridgehead atoms. The summed E-state index contributed by atoms with van der Waals surface area (Å²) in [5.74, 6) is 1.22. The van der Waals surface area contributed by atoms with Gasteiger partial charge < -0.3 is 29.2 Å². The molecule has 8 nitrogen and oxygen atoms in total. The summed E-state index contributed by atoms with van der Waals surface area (Å²) in [5, 5.41) is 2.87. The topological polar surface area (TPSA) is 86.3 Å². The van der Waals surface area contributed by atoms with E-state index in [1.807, 2.05) is 6.92 Å². The summed E-state index contributed by atoms with van der Waals surface area (Å²) in [4.78, 5) is 26.4. The first-order valence-corrected chi connectivity index (χ1v) is 9.56. The Balaban J connectivity index is 1.95. The molecule has 1 N–H and O–H groups in total. The van der Waals surface area contributed by atoms with Crippen LogP contribution in [0.3, 0.4) is 0 Å². The number of nitrogens with zero attached hydrogens (tertiary/aromatic N) is 1. The van der Waals surface area contributed by atoms with E-state index in [0.717, 1.165) is 12.8 Å². The molecule has 0 unspecified atom stereocenters. The minimum Gasteiger partial charge on any atom is -0.493 e. The Morgan fingerprint density at radius 2 is 1.68 bits per heavy atom. The van der Waals surface area contributed by atoms with Crippen LogP contribution in [0.1, 0.15) is 43.0 Å². The number of ether oxygens (including phenoxy) is 4. The van der Waals surface area contributed by atoms with Crippen molar-refractivity contribution in [3.8, 4) is 17.2 Å². The lowest BCUT2D eigenvalue weighted by molar-refractivity contribution is 0.0701. The number of likely N-dealkylation sites (tertiary alicyclic amines) is 1. The largest absolute Gasteiger partial charge is 0.493 e. The zero-order valence-electron chi connectivity index (χ0n) is 17.1. The highest BCUT2D eigenvalue weighted by molar-refractivity contribution is 5.95. The fourth-order valence-electron chi connectivity index (χ4n) is 3.13. The Morgan fingerprint density at radius 3 is 2.18 bits per heavy atom. The first-order chi connectivity index (χ1) is 13.5. The van der Waals surface area contributed by atoms with Gasteiger partial charge >= 0.3 is 6.09 Å². The average Bonchev–Trinajstić information content (AvgIpc) is 2.72. The minimum atomic E-state index is -0.386. The van der Waals surface area contributed by atoms with E-state index < -0.39 is 0 Å². The lowest BCUT2D eigenvalue weighted by Crippen LogP contribution is -2.46. The number of methoxy groups -OCH3 is 3. The average molecular weight is 394 g/mol. The Bertz CT molecular complexity index is 646. The Labute approximate surface area is 166 Å². The summed E-state index contributed by atoms with van der Waals surface area (Å²) in [5.41, 5.74) is 0.472. The van der Waals surface area contributed by atoms with Crippen molar-refractivity contribution in [1.82, 2.24) is 10.2 Å². The molecule has 1 aromatic carbocycles. The normalized spacial score (nSPS) is 14.4. The van der Waals surface area contributed by atoms with Crippen molar-refractivity contribution in [3.05, 3.63) is 17.7 Å². The van der Waals surface area contributed by atoms with Crippen molar-refractivity contribution in [1.29, 1.82) is 0 Å². The van der Waals surface area contributed by atoms with Crippen LogP contribution in [0, 0.1) is 0 Å². The molecule has 2 rings (SSSR count). The van der Waals surface area contributed by atoms with E-state index in [9.17, 15) is 9.59 Å². The fourth-order valence-corrected chi connectivity index (χ4v) is 3.13. The standard InChI is InChI=1S/C20H30N2O6/c1-5-6-11-28-20(24)21-15-7-9-22(10-8-15)19(23)14-12-16(25-2)18(27-4)17(13-14)26-3/h12-13,15H,5-11H2,1-4H3,(H,21,24). The monoisotopic (exact) mass is 394 g/mol. The summed E-state index contributed by atoms with van der Waals surface area (Å²) in [6, 6.07) is 3.32. The third kappa shape index (κ3) is 5.43. The molecule has 0 atom stereocenters. The van der Waals surface area contributed by atoms with Crippen LogP contribution in [0.15, 0.2) is 12.1 Å². The Hall–Kier alpha value is -2.64. The van der Waals surface area contributed by atoms with Gasteiger partial charge in [-0.15, -0.1) is 0 Å². The van der Waals surface area contributed by atoms with Crippen LogP contribution in [-0.2, 0) is 4.74 Å². The number of amides is 2. The van der Waals surface area contributed by atoms with E-state index in [4.69, 9.17) is 18.9 Å². The number of carbonyl (C=O) groups excluding carboxylic acids is 2. The maximum Gasteiger partial charge on any atom is 0.407 e. The second-order valence-corrected chi connectivity index (χ2v) is 6.61. The highest BCUT2D eigenvalue weighted by Crippen LogP contribution is 2.38. The van der Waals surface area contributed by atoms with Gasteiger partial charge in [-0.2, -0.15) is 0 Å². The van der Waals surface area contributed by atoms with E-state index in [-0.39, 0.29) is 18.0 Å². The highest BCUT2D eigenvalue weighted by atomic mass is 16.5. The van der Waals surface area contributed by atoms with Crippen LogP contribution in [0.4, 0.5) is 4.79 Å². The number of hydrogen-bond donors (Lipinski definition) is 1. The molecular formula is C20H30N2O6. The van der Waals surface area contributed by atoms with Gasteiger partial charge in [0.2, 0.25) is 5.75 Å². The van der Waals surface area contributed by atoms with Crippen LogP contribution < -0.4 is 19.5 Å². The lowest BCUT2D eigenvalue weighted by Gasteiger charge is -2.32. The van der Waals surface area contributed by atoms with Crippen molar-refractivity contribution >= 4 is 12.0 Å². The van der Waals surface area contributed by atoms with Gasteiger partial charge in [0.1, 0.15) is 0 Å². The molecule has 156 valence electrons. The minimum absolute atomic E-state index is 0.0121. The highest BCUT2D eigenvalue weighted by Gasteiger charge is 2.26. The molecule has 0 saturated carbocycles. The van der Waals surface area contributed by atoms with Crippen LogP contribution in [0.25, 0.3) is 0 Å². The molecule has 1 saturated heterocycles. The molecule has 2 amide bonds. The Kier molecular flexibility index (Phi) is 8.22. The number of alkyl carbamates (subject to hydrolysis) is 1. The van der Waals surface area contributed by atoms with Crippen LogP contribution in [-0.4, -0.2) is 64.0 Å². The number of benzene rings is 1. The van der Waals surface area contributed by atoms with Crippen molar-refractivity contribution in [2.45, 2.75) is 38.6 Å². The number of rotatable bonds is 8. The molecule has 8 heteroatoms. The van der Waals surface area contributed by atoms with Gasteiger partial charge in [0.25, 0.3) is 5.91 Å². The third-order valence-corrected chi connectivity index (χ3v) is 4.75. The maximum atomic E-state index is 12.9. The molecule has 0 aromatic heterocycles. The van der Waals surface area contributed by atoms with Crippen LogP contribution >= 0.6 is 0 Å². The second-order valence-electron chi connectivity index (χ2n) is 6.61. The van der Waals surface area contributed by atoms with E-state index in [2.05, 4.69) is 5.32 Å². The zero-order chi connectivity index (χ0) is 20.5. The number of carbonyl (C=O) groups is 2. The molecule has 0 aliphatic carbocycles. The van der Waals surface area contributed by atoms with E-state index in [1.54, 1.807) is 17.0 Å². The first kappa shape index (κ1) is 21.7. The van der Waals surface area contributed by atoms with E-state index in [1.165, 1.54) is 21.3 Å². The number of hydrogen-bond acceptors (Lipinski definition) is 6. The van der Waals surface area contributed by atoms with Crippen molar-refractivity contribution < 1.29 is 28.5 Å². The van der Waals surface area contributed by atoms with Crippen LogP contribution in [0.2, 0.25) is 0 Å². The van der Waals surface area contributed by atoms with E-state index in [0.29, 0.717) is 55.4 Å². The summed E-state index contributed by atoms with van der Waals surface area (Å²) >= 11 is 0. The maximum absolute atomic E-state index is 12.9. The van der Waals surface area contributed by atoms with Gasteiger partial charge in [-0.05, 0) is 31.4 Å². The molecule has 1 aliphatic heterocycles. The van der Waals surface area contributed by atoms with Gasteiger partial charge in [-0.1, -0.05) is 13.3 Å². The van der Waals surface area contributed by atoms with Crippen molar-refractivity contribution in [2.24, 2.45) is 0 Å². The summed E-state index contributed by atoms with van der Waals surface area (Å²) < 4.78 is 21.1. The smallest absolute Gasteiger partial charge is 0.407 e. The van der Waals surface area contributed by atoms with Gasteiger partial charge in [-0.3, -0.25) is 4.79 Å². The number of nitrogens with one attached hydrogen (secondary N) is 1. The quantitative estimate of drug-likeness (QED) is 0.683. The molecular weight excluding hydrogens is 364 g/mol. The molecule has 28 heavy (non-hydrogen) atoms. The third-order valence-electron chi connectivity index (χ3n) is 4.75. The SMILES string of the molecule is CCCCOC(=O)NC1CCN(C(=O)c2cc(OC)c(OC)c(OC)c2)CC1. The zero-order valence-corrected chi connectivity index (χ0v) is 17.1. The predicted molar refractivity (Wildman–Crippen MR) is 104 cm³/mol. The molecule has 0 radical (unpaired) electrons. The summed E-state index contributed by atoms with van der Waals surface area (Å²) in [6.07, 6.45) is 2.81.